The Hall–Kier alpha value is -3.99. The molecule has 146 valence electrons. The van der Waals surface area contributed by atoms with Crippen molar-refractivity contribution in [2.45, 2.75) is 6.61 Å². The maximum atomic E-state index is 6.07. The highest BCUT2D eigenvalue weighted by molar-refractivity contribution is 5.94. The second-order valence-corrected chi connectivity index (χ2v) is 6.89. The van der Waals surface area contributed by atoms with E-state index in [1.54, 1.807) is 13.4 Å². The van der Waals surface area contributed by atoms with E-state index in [-0.39, 0.29) is 0 Å². The van der Waals surface area contributed by atoms with Crippen molar-refractivity contribution < 1.29 is 9.47 Å². The van der Waals surface area contributed by atoms with Crippen LogP contribution in [0.4, 0.5) is 0 Å². The number of aromatic nitrogens is 3. The highest BCUT2D eigenvalue weighted by Gasteiger charge is 2.13. The van der Waals surface area contributed by atoms with E-state index in [9.17, 15) is 0 Å². The number of hydrogen-bond acceptors (Lipinski definition) is 5. The second-order valence-electron chi connectivity index (χ2n) is 6.89. The average Bonchev–Trinajstić information content (AvgIpc) is 2.82. The number of rotatable bonds is 5. The Balaban J connectivity index is 1.49. The van der Waals surface area contributed by atoms with Crippen molar-refractivity contribution in [2.75, 3.05) is 7.11 Å². The number of methoxy groups -OCH3 is 1. The largest absolute Gasteiger partial charge is 0.493 e. The summed E-state index contributed by atoms with van der Waals surface area (Å²) in [4.78, 5) is 13.6. The van der Waals surface area contributed by atoms with Crippen molar-refractivity contribution in [3.63, 3.8) is 0 Å². The predicted molar refractivity (Wildman–Crippen MR) is 118 cm³/mol. The van der Waals surface area contributed by atoms with E-state index in [2.05, 4.69) is 21.0 Å². The van der Waals surface area contributed by atoms with Crippen LogP contribution in [0.15, 0.2) is 85.2 Å². The van der Waals surface area contributed by atoms with Gasteiger partial charge in [0.2, 0.25) is 0 Å². The zero-order valence-electron chi connectivity index (χ0n) is 16.4. The Morgan fingerprint density at radius 1 is 0.767 bits per heavy atom. The molecule has 0 aliphatic rings. The predicted octanol–water partition coefficient (Wildman–Crippen LogP) is 5.43. The molecule has 0 aliphatic carbocycles. The molecule has 5 nitrogen and oxygen atoms in total. The summed E-state index contributed by atoms with van der Waals surface area (Å²) in [5.41, 5.74) is 4.49. The van der Waals surface area contributed by atoms with Gasteiger partial charge >= 0.3 is 0 Å². The maximum Gasteiger partial charge on any atom is 0.163 e. The normalized spacial score (nSPS) is 11.0. The summed E-state index contributed by atoms with van der Waals surface area (Å²) < 4.78 is 11.7. The molecule has 30 heavy (non-hydrogen) atoms. The standard InChI is InChI=1S/C25H19N3O2/c1-29-23-13-20-22(26-16-27-25(20)18-8-3-2-4-9-18)14-24(23)30-15-19-12-11-17-7-5-6-10-21(17)28-19/h2-14,16H,15H2,1H3. The van der Waals surface area contributed by atoms with Gasteiger partial charge in [-0.1, -0.05) is 54.6 Å². The monoisotopic (exact) mass is 393 g/mol. The fourth-order valence-electron chi connectivity index (χ4n) is 3.50. The molecule has 0 unspecified atom stereocenters. The van der Waals surface area contributed by atoms with E-state index in [0.717, 1.165) is 38.8 Å². The van der Waals surface area contributed by atoms with Crippen molar-refractivity contribution >= 4 is 21.8 Å². The van der Waals surface area contributed by atoms with Crippen LogP contribution in [0.3, 0.4) is 0 Å². The number of ether oxygens (including phenoxy) is 2. The van der Waals surface area contributed by atoms with Crippen LogP contribution in [0.2, 0.25) is 0 Å². The van der Waals surface area contributed by atoms with Crippen LogP contribution in [0.5, 0.6) is 11.5 Å². The van der Waals surface area contributed by atoms with Gasteiger partial charge in [0.25, 0.3) is 0 Å². The van der Waals surface area contributed by atoms with Crippen LogP contribution in [0.25, 0.3) is 33.1 Å². The summed E-state index contributed by atoms with van der Waals surface area (Å²) in [6, 6.07) is 25.9. The van der Waals surface area contributed by atoms with E-state index in [4.69, 9.17) is 9.47 Å². The zero-order chi connectivity index (χ0) is 20.3. The van der Waals surface area contributed by atoms with Gasteiger partial charge in [-0.2, -0.15) is 0 Å². The van der Waals surface area contributed by atoms with E-state index in [0.29, 0.717) is 18.1 Å². The van der Waals surface area contributed by atoms with Gasteiger partial charge in [-0.15, -0.1) is 0 Å². The van der Waals surface area contributed by atoms with Crippen molar-refractivity contribution in [2.24, 2.45) is 0 Å². The molecule has 0 spiro atoms. The number of pyridine rings is 1. The van der Waals surface area contributed by atoms with Crippen LogP contribution in [-0.2, 0) is 6.61 Å². The van der Waals surface area contributed by atoms with Gasteiger partial charge < -0.3 is 9.47 Å². The molecule has 2 aromatic heterocycles. The molecule has 5 heteroatoms. The van der Waals surface area contributed by atoms with Crippen molar-refractivity contribution in [3.8, 4) is 22.8 Å². The topological polar surface area (TPSA) is 57.1 Å². The molecule has 0 fully saturated rings. The third-order valence-corrected chi connectivity index (χ3v) is 5.00. The van der Waals surface area contributed by atoms with Gasteiger partial charge in [-0.3, -0.25) is 0 Å². The first kappa shape index (κ1) is 18.1. The van der Waals surface area contributed by atoms with E-state index in [1.807, 2.05) is 72.8 Å². The first-order chi connectivity index (χ1) is 14.8. The molecular formula is C25H19N3O2. The Labute approximate surface area is 174 Å². The van der Waals surface area contributed by atoms with Gasteiger partial charge in [-0.25, -0.2) is 15.0 Å². The summed E-state index contributed by atoms with van der Waals surface area (Å²) in [5.74, 6) is 1.26. The molecule has 5 aromatic rings. The summed E-state index contributed by atoms with van der Waals surface area (Å²) in [7, 11) is 1.63. The minimum atomic E-state index is 0.337. The van der Waals surface area contributed by atoms with Gasteiger partial charge in [0.15, 0.2) is 11.5 Å². The fourth-order valence-corrected chi connectivity index (χ4v) is 3.50. The Morgan fingerprint density at radius 2 is 1.60 bits per heavy atom. The minimum Gasteiger partial charge on any atom is -0.493 e. The summed E-state index contributed by atoms with van der Waals surface area (Å²) in [6.45, 7) is 0.337. The molecule has 5 rings (SSSR count). The van der Waals surface area contributed by atoms with Gasteiger partial charge in [-0.05, 0) is 18.2 Å². The molecule has 0 bridgehead atoms. The maximum absolute atomic E-state index is 6.07. The highest BCUT2D eigenvalue weighted by atomic mass is 16.5. The zero-order valence-corrected chi connectivity index (χ0v) is 16.4. The average molecular weight is 393 g/mol. The van der Waals surface area contributed by atoms with Gasteiger partial charge in [0.1, 0.15) is 12.9 Å². The summed E-state index contributed by atoms with van der Waals surface area (Å²) in [5, 5.41) is 2.02. The molecule has 0 amide bonds. The summed E-state index contributed by atoms with van der Waals surface area (Å²) >= 11 is 0. The number of nitrogens with zero attached hydrogens (tertiary/aromatic N) is 3. The SMILES string of the molecule is COc1cc2c(-c3ccccc3)ncnc2cc1OCc1ccc2ccccc2n1. The van der Waals surface area contributed by atoms with Crippen LogP contribution < -0.4 is 9.47 Å². The molecule has 0 saturated carbocycles. The molecule has 0 atom stereocenters. The third kappa shape index (κ3) is 3.42. The Kier molecular flexibility index (Phi) is 4.69. The molecular weight excluding hydrogens is 374 g/mol. The van der Waals surface area contributed by atoms with Crippen molar-refractivity contribution in [3.05, 3.63) is 90.9 Å². The van der Waals surface area contributed by atoms with Crippen molar-refractivity contribution in [1.29, 1.82) is 0 Å². The highest BCUT2D eigenvalue weighted by Crippen LogP contribution is 2.35. The molecule has 0 aliphatic heterocycles. The number of hydrogen-bond donors (Lipinski definition) is 0. The number of para-hydroxylation sites is 1. The Morgan fingerprint density at radius 3 is 2.47 bits per heavy atom. The van der Waals surface area contributed by atoms with E-state index >= 15 is 0 Å². The van der Waals surface area contributed by atoms with Crippen LogP contribution in [0, 0.1) is 0 Å². The van der Waals surface area contributed by atoms with E-state index in [1.165, 1.54) is 0 Å². The molecule has 3 aromatic carbocycles. The van der Waals surface area contributed by atoms with Crippen LogP contribution in [0.1, 0.15) is 5.69 Å². The lowest BCUT2D eigenvalue weighted by Gasteiger charge is -2.13. The molecule has 2 heterocycles. The molecule has 0 saturated heterocycles. The minimum absolute atomic E-state index is 0.337. The quantitative estimate of drug-likeness (QED) is 0.398. The lowest BCUT2D eigenvalue weighted by Crippen LogP contribution is -2.01. The summed E-state index contributed by atoms with van der Waals surface area (Å²) in [6.07, 6.45) is 1.58. The third-order valence-electron chi connectivity index (χ3n) is 5.00. The first-order valence-electron chi connectivity index (χ1n) is 9.67. The van der Waals surface area contributed by atoms with E-state index < -0.39 is 0 Å². The van der Waals surface area contributed by atoms with Crippen molar-refractivity contribution in [1.82, 2.24) is 15.0 Å². The van der Waals surface area contributed by atoms with Crippen LogP contribution >= 0.6 is 0 Å². The lowest BCUT2D eigenvalue weighted by atomic mass is 10.1. The number of fused-ring (bicyclic) bond motifs is 2. The molecule has 0 radical (unpaired) electrons. The van der Waals surface area contributed by atoms with Gasteiger partial charge in [0.05, 0.1) is 29.5 Å². The fraction of sp³-hybridized carbons (Fsp3) is 0.0800. The van der Waals surface area contributed by atoms with Gasteiger partial charge in [0, 0.05) is 22.4 Å². The number of benzene rings is 3. The Bertz CT molecular complexity index is 1340. The van der Waals surface area contributed by atoms with Crippen LogP contribution in [-0.4, -0.2) is 22.1 Å². The first-order valence-corrected chi connectivity index (χ1v) is 9.67. The molecule has 0 N–H and O–H groups in total. The lowest BCUT2D eigenvalue weighted by molar-refractivity contribution is 0.281. The smallest absolute Gasteiger partial charge is 0.163 e. The second kappa shape index (κ2) is 7.79.